The minimum absolute atomic E-state index is 0.130. The van der Waals surface area contributed by atoms with Crippen LogP contribution in [-0.2, 0) is 4.79 Å². The molecule has 128 valence electrons. The van der Waals surface area contributed by atoms with Crippen LogP contribution >= 0.6 is 0 Å². The van der Waals surface area contributed by atoms with Gasteiger partial charge < -0.3 is 24.3 Å². The highest BCUT2D eigenvalue weighted by atomic mass is 16.5. The number of amides is 1. The lowest BCUT2D eigenvalue weighted by Crippen LogP contribution is -2.20. The highest BCUT2D eigenvalue weighted by Crippen LogP contribution is 2.27. The minimum atomic E-state index is -0.273. The zero-order valence-electron chi connectivity index (χ0n) is 14.0. The summed E-state index contributed by atoms with van der Waals surface area (Å²) in [5, 5.41) is 2.76. The van der Waals surface area contributed by atoms with Gasteiger partial charge in [0.2, 0.25) is 0 Å². The molecule has 0 radical (unpaired) electrons. The van der Waals surface area contributed by atoms with Gasteiger partial charge in [-0.3, -0.25) is 4.79 Å². The number of hydrogen-bond donors (Lipinski definition) is 1. The summed E-state index contributed by atoms with van der Waals surface area (Å²) in [4.78, 5) is 12.0. The summed E-state index contributed by atoms with van der Waals surface area (Å²) in [6.45, 7) is 2.34. The van der Waals surface area contributed by atoms with E-state index in [1.54, 1.807) is 44.6 Å². The second-order valence-electron chi connectivity index (χ2n) is 4.85. The number of ether oxygens (including phenoxy) is 4. The Kier molecular flexibility index (Phi) is 6.31. The van der Waals surface area contributed by atoms with Crippen LogP contribution in [0.1, 0.15) is 6.92 Å². The van der Waals surface area contributed by atoms with Crippen molar-refractivity contribution in [1.29, 1.82) is 0 Å². The van der Waals surface area contributed by atoms with Gasteiger partial charge in [-0.05, 0) is 19.1 Å². The van der Waals surface area contributed by atoms with Crippen LogP contribution in [0.3, 0.4) is 0 Å². The number of carbonyl (C=O) groups is 1. The van der Waals surface area contributed by atoms with Crippen LogP contribution in [0.4, 0.5) is 5.69 Å². The highest BCUT2D eigenvalue weighted by molar-refractivity contribution is 5.92. The molecular weight excluding hydrogens is 310 g/mol. The van der Waals surface area contributed by atoms with E-state index in [1.807, 2.05) is 19.1 Å². The fraction of sp³-hybridized carbons (Fsp3) is 0.278. The summed E-state index contributed by atoms with van der Waals surface area (Å²) in [5.74, 6) is 2.10. The van der Waals surface area contributed by atoms with Crippen LogP contribution in [0.5, 0.6) is 23.0 Å². The minimum Gasteiger partial charge on any atom is -0.496 e. The second kappa shape index (κ2) is 8.67. The van der Waals surface area contributed by atoms with Crippen molar-refractivity contribution in [2.45, 2.75) is 6.92 Å². The number of benzene rings is 2. The summed E-state index contributed by atoms with van der Waals surface area (Å²) in [7, 11) is 3.10. The average molecular weight is 331 g/mol. The molecule has 0 heterocycles. The van der Waals surface area contributed by atoms with Crippen molar-refractivity contribution >= 4 is 11.6 Å². The first-order valence-corrected chi connectivity index (χ1v) is 7.53. The van der Waals surface area contributed by atoms with Gasteiger partial charge in [-0.1, -0.05) is 6.07 Å². The van der Waals surface area contributed by atoms with Crippen LogP contribution in [0.15, 0.2) is 42.5 Å². The molecule has 0 saturated carbocycles. The highest BCUT2D eigenvalue weighted by Gasteiger charge is 2.07. The largest absolute Gasteiger partial charge is 0.496 e. The van der Waals surface area contributed by atoms with Gasteiger partial charge in [0.25, 0.3) is 5.91 Å². The summed E-state index contributed by atoms with van der Waals surface area (Å²) in [5.41, 5.74) is 0.651. The van der Waals surface area contributed by atoms with Crippen molar-refractivity contribution < 1.29 is 23.7 Å². The van der Waals surface area contributed by atoms with Crippen molar-refractivity contribution in [3.8, 4) is 23.0 Å². The Hall–Kier alpha value is -2.89. The monoisotopic (exact) mass is 331 g/mol. The fourth-order valence-corrected chi connectivity index (χ4v) is 2.04. The van der Waals surface area contributed by atoms with Gasteiger partial charge in [-0.2, -0.15) is 0 Å². The molecule has 6 heteroatoms. The Bertz CT molecular complexity index is 665. The van der Waals surface area contributed by atoms with Gasteiger partial charge in [0.05, 0.1) is 20.8 Å². The topological polar surface area (TPSA) is 66.0 Å². The van der Waals surface area contributed by atoms with E-state index < -0.39 is 0 Å². The molecule has 0 aliphatic rings. The molecule has 2 aromatic rings. The molecule has 2 rings (SSSR count). The van der Waals surface area contributed by atoms with Gasteiger partial charge in [0.15, 0.2) is 6.61 Å². The molecule has 0 saturated heterocycles. The van der Waals surface area contributed by atoms with Gasteiger partial charge in [0.1, 0.15) is 23.0 Å². The third-order valence-corrected chi connectivity index (χ3v) is 3.12. The first-order valence-electron chi connectivity index (χ1n) is 7.53. The lowest BCUT2D eigenvalue weighted by molar-refractivity contribution is -0.118. The van der Waals surface area contributed by atoms with E-state index in [9.17, 15) is 4.79 Å². The Labute approximate surface area is 141 Å². The summed E-state index contributed by atoms with van der Waals surface area (Å²) < 4.78 is 21.2. The van der Waals surface area contributed by atoms with E-state index >= 15 is 0 Å². The predicted molar refractivity (Wildman–Crippen MR) is 91.3 cm³/mol. The van der Waals surface area contributed by atoms with Gasteiger partial charge in [0, 0.05) is 30.0 Å². The molecule has 0 atom stereocenters. The van der Waals surface area contributed by atoms with Crippen LogP contribution in [0, 0.1) is 0 Å². The Morgan fingerprint density at radius 2 is 1.58 bits per heavy atom. The molecule has 1 amide bonds. The van der Waals surface area contributed by atoms with E-state index in [0.29, 0.717) is 35.3 Å². The summed E-state index contributed by atoms with van der Waals surface area (Å²) >= 11 is 0. The van der Waals surface area contributed by atoms with Crippen molar-refractivity contribution in [2.75, 3.05) is 32.8 Å². The zero-order valence-corrected chi connectivity index (χ0v) is 14.0. The zero-order chi connectivity index (χ0) is 17.4. The molecule has 0 spiro atoms. The van der Waals surface area contributed by atoms with Gasteiger partial charge >= 0.3 is 0 Å². The maximum Gasteiger partial charge on any atom is 0.262 e. The van der Waals surface area contributed by atoms with Crippen LogP contribution in [0.25, 0.3) is 0 Å². The summed E-state index contributed by atoms with van der Waals surface area (Å²) in [6, 6.07) is 12.3. The molecule has 0 unspecified atom stereocenters. The molecule has 24 heavy (non-hydrogen) atoms. The van der Waals surface area contributed by atoms with Crippen LogP contribution in [0.2, 0.25) is 0 Å². The Morgan fingerprint density at radius 3 is 2.21 bits per heavy atom. The number of rotatable bonds is 8. The first-order chi connectivity index (χ1) is 11.6. The van der Waals surface area contributed by atoms with Crippen molar-refractivity contribution in [2.24, 2.45) is 0 Å². The number of hydrogen-bond acceptors (Lipinski definition) is 5. The Balaban J connectivity index is 1.94. The average Bonchev–Trinajstić information content (AvgIpc) is 2.60. The predicted octanol–water partition coefficient (Wildman–Crippen LogP) is 3.12. The molecule has 0 aliphatic heterocycles. The van der Waals surface area contributed by atoms with Gasteiger partial charge in [-0.15, -0.1) is 0 Å². The quantitative estimate of drug-likeness (QED) is 0.805. The van der Waals surface area contributed by atoms with E-state index in [0.717, 1.165) is 0 Å². The number of methoxy groups -OCH3 is 2. The van der Waals surface area contributed by atoms with Crippen molar-refractivity contribution in [1.82, 2.24) is 0 Å². The smallest absolute Gasteiger partial charge is 0.262 e. The third kappa shape index (κ3) is 5.08. The molecule has 0 aliphatic carbocycles. The standard InChI is InChI=1S/C18H21NO5/c1-4-23-14-7-5-6-13(8-14)19-18(20)12-24-17-10-15(21-2)9-16(11-17)22-3/h5-11H,4,12H2,1-3H3,(H,19,20). The van der Waals surface area contributed by atoms with E-state index in [-0.39, 0.29) is 12.5 Å². The maximum atomic E-state index is 12.0. The molecule has 2 aromatic carbocycles. The SMILES string of the molecule is CCOc1cccc(NC(=O)COc2cc(OC)cc(OC)c2)c1. The lowest BCUT2D eigenvalue weighted by Gasteiger charge is -2.11. The molecule has 1 N–H and O–H groups in total. The van der Waals surface area contributed by atoms with Crippen LogP contribution in [-0.4, -0.2) is 33.3 Å². The van der Waals surface area contributed by atoms with Crippen molar-refractivity contribution in [3.63, 3.8) is 0 Å². The lowest BCUT2D eigenvalue weighted by atomic mass is 10.3. The first kappa shape index (κ1) is 17.5. The van der Waals surface area contributed by atoms with E-state index in [1.165, 1.54) is 0 Å². The molecule has 0 bridgehead atoms. The second-order valence-corrected chi connectivity index (χ2v) is 4.85. The van der Waals surface area contributed by atoms with Crippen LogP contribution < -0.4 is 24.3 Å². The van der Waals surface area contributed by atoms with E-state index in [2.05, 4.69) is 5.32 Å². The fourth-order valence-electron chi connectivity index (χ4n) is 2.04. The van der Waals surface area contributed by atoms with Crippen molar-refractivity contribution in [3.05, 3.63) is 42.5 Å². The molecule has 0 aromatic heterocycles. The van der Waals surface area contributed by atoms with E-state index in [4.69, 9.17) is 18.9 Å². The van der Waals surface area contributed by atoms with Gasteiger partial charge in [-0.25, -0.2) is 0 Å². The summed E-state index contributed by atoms with van der Waals surface area (Å²) in [6.07, 6.45) is 0. The number of anilines is 1. The normalized spacial score (nSPS) is 9.96. The molecular formula is C18H21NO5. The number of nitrogens with one attached hydrogen (secondary N) is 1. The Morgan fingerprint density at radius 1 is 0.917 bits per heavy atom. The molecule has 6 nitrogen and oxygen atoms in total. The third-order valence-electron chi connectivity index (χ3n) is 3.12. The number of carbonyl (C=O) groups excluding carboxylic acids is 1. The maximum absolute atomic E-state index is 12.0. The molecule has 0 fully saturated rings.